The Morgan fingerprint density at radius 1 is 1.20 bits per heavy atom. The van der Waals surface area contributed by atoms with Gasteiger partial charge in [0.25, 0.3) is 11.5 Å². The van der Waals surface area contributed by atoms with Gasteiger partial charge in [-0.2, -0.15) is 5.10 Å². The molecule has 9 nitrogen and oxygen atoms in total. The number of hydrogen-bond acceptors (Lipinski definition) is 5. The molecule has 156 valence electrons. The first kappa shape index (κ1) is 21.0. The monoisotopic (exact) mass is 409 g/mol. The molecule has 1 amide bonds. The van der Waals surface area contributed by atoms with E-state index in [0.29, 0.717) is 29.1 Å². The highest BCUT2D eigenvalue weighted by Crippen LogP contribution is 2.22. The molecule has 0 bridgehead atoms. The number of carbonyl (C=O) groups excluding carboxylic acids is 1. The Labute approximate surface area is 172 Å². The summed E-state index contributed by atoms with van der Waals surface area (Å²) in [7, 11) is 0. The number of aromatic amines is 1. The molecule has 0 atom stereocenters. The second kappa shape index (κ2) is 8.32. The molecule has 0 saturated carbocycles. The second-order valence-electron chi connectivity index (χ2n) is 7.26. The fourth-order valence-corrected chi connectivity index (χ4v) is 3.41. The van der Waals surface area contributed by atoms with Crippen LogP contribution in [0.5, 0.6) is 0 Å². The topological polar surface area (TPSA) is 123 Å². The Hall–Kier alpha value is -3.75. The van der Waals surface area contributed by atoms with Crippen molar-refractivity contribution in [2.24, 2.45) is 0 Å². The van der Waals surface area contributed by atoms with E-state index >= 15 is 0 Å². The molecule has 2 N–H and O–H groups in total. The number of amides is 1. The summed E-state index contributed by atoms with van der Waals surface area (Å²) in [6.45, 7) is 7.41. The van der Waals surface area contributed by atoms with Crippen LogP contribution in [-0.2, 0) is 13.1 Å². The lowest BCUT2D eigenvalue weighted by Gasteiger charge is -2.09. The predicted molar refractivity (Wildman–Crippen MR) is 112 cm³/mol. The van der Waals surface area contributed by atoms with Gasteiger partial charge < -0.3 is 10.3 Å². The summed E-state index contributed by atoms with van der Waals surface area (Å²) in [5.74, 6) is -0.289. The normalized spacial score (nSPS) is 10.8. The number of rotatable bonds is 6. The first-order valence-corrected chi connectivity index (χ1v) is 9.42. The van der Waals surface area contributed by atoms with Crippen LogP contribution in [0, 0.1) is 37.8 Å². The predicted octanol–water partition coefficient (Wildman–Crippen LogP) is 2.69. The van der Waals surface area contributed by atoms with Crippen molar-refractivity contribution in [2.75, 3.05) is 0 Å². The molecule has 0 radical (unpaired) electrons. The zero-order valence-electron chi connectivity index (χ0n) is 17.3. The van der Waals surface area contributed by atoms with E-state index in [1.165, 1.54) is 0 Å². The van der Waals surface area contributed by atoms with Gasteiger partial charge >= 0.3 is 5.69 Å². The van der Waals surface area contributed by atoms with Gasteiger partial charge in [0.05, 0.1) is 11.5 Å². The van der Waals surface area contributed by atoms with Crippen molar-refractivity contribution in [3.8, 4) is 0 Å². The number of benzene rings is 1. The number of pyridine rings is 1. The Morgan fingerprint density at radius 3 is 2.43 bits per heavy atom. The van der Waals surface area contributed by atoms with Gasteiger partial charge in [-0.25, -0.2) is 0 Å². The third kappa shape index (κ3) is 4.29. The highest BCUT2D eigenvalue weighted by atomic mass is 16.6. The van der Waals surface area contributed by atoms with Gasteiger partial charge in [0, 0.05) is 23.4 Å². The minimum atomic E-state index is -0.428. The van der Waals surface area contributed by atoms with Crippen molar-refractivity contribution < 1.29 is 9.72 Å². The van der Waals surface area contributed by atoms with Crippen LogP contribution in [0.15, 0.2) is 35.1 Å². The number of H-pyrrole nitrogens is 1. The zero-order chi connectivity index (χ0) is 22.0. The molecule has 3 aromatic rings. The van der Waals surface area contributed by atoms with E-state index in [1.54, 1.807) is 42.8 Å². The molecule has 0 aliphatic carbocycles. The molecule has 0 aliphatic rings. The molecular weight excluding hydrogens is 386 g/mol. The van der Waals surface area contributed by atoms with Crippen LogP contribution in [0.1, 0.15) is 44.1 Å². The molecular formula is C21H23N5O4. The van der Waals surface area contributed by atoms with Crippen molar-refractivity contribution in [3.05, 3.63) is 90.1 Å². The number of nitrogens with zero attached hydrogens (tertiary/aromatic N) is 3. The van der Waals surface area contributed by atoms with E-state index < -0.39 is 4.92 Å². The Kier molecular flexibility index (Phi) is 5.81. The van der Waals surface area contributed by atoms with Crippen LogP contribution in [0.3, 0.4) is 0 Å². The van der Waals surface area contributed by atoms with Crippen LogP contribution in [-0.4, -0.2) is 25.6 Å². The van der Waals surface area contributed by atoms with E-state index in [4.69, 9.17) is 0 Å². The lowest BCUT2D eigenvalue weighted by Crippen LogP contribution is -2.27. The van der Waals surface area contributed by atoms with Crippen LogP contribution in [0.25, 0.3) is 0 Å². The molecule has 9 heteroatoms. The molecule has 30 heavy (non-hydrogen) atoms. The molecule has 0 unspecified atom stereocenters. The maximum Gasteiger partial charge on any atom is 0.312 e. The van der Waals surface area contributed by atoms with Crippen molar-refractivity contribution in [1.29, 1.82) is 0 Å². The maximum atomic E-state index is 12.4. The summed E-state index contributed by atoms with van der Waals surface area (Å²) in [4.78, 5) is 37.9. The summed E-state index contributed by atoms with van der Waals surface area (Å²) in [5.41, 5.74) is 4.11. The number of aryl methyl sites for hydroxylation is 3. The Bertz CT molecular complexity index is 1180. The Morgan fingerprint density at radius 2 is 1.87 bits per heavy atom. The third-order valence-electron chi connectivity index (χ3n) is 4.99. The largest absolute Gasteiger partial charge is 0.348 e. The first-order valence-electron chi connectivity index (χ1n) is 9.42. The number of carbonyl (C=O) groups is 1. The quantitative estimate of drug-likeness (QED) is 0.479. The minimum Gasteiger partial charge on any atom is -0.348 e. The molecule has 1 aromatic carbocycles. The average molecular weight is 409 g/mol. The zero-order valence-corrected chi connectivity index (χ0v) is 17.3. The van der Waals surface area contributed by atoms with Gasteiger partial charge in [-0.05, 0) is 57.0 Å². The third-order valence-corrected chi connectivity index (χ3v) is 4.99. The smallest absolute Gasteiger partial charge is 0.312 e. The maximum absolute atomic E-state index is 12.4. The van der Waals surface area contributed by atoms with Crippen LogP contribution < -0.4 is 10.9 Å². The number of nitrogens with one attached hydrogen (secondary N) is 2. The van der Waals surface area contributed by atoms with Crippen molar-refractivity contribution in [2.45, 2.75) is 40.8 Å². The van der Waals surface area contributed by atoms with Crippen molar-refractivity contribution in [1.82, 2.24) is 20.1 Å². The number of nitro groups is 1. The molecule has 0 fully saturated rings. The molecule has 0 aliphatic heterocycles. The van der Waals surface area contributed by atoms with E-state index in [-0.39, 0.29) is 23.7 Å². The van der Waals surface area contributed by atoms with Gasteiger partial charge in [0.15, 0.2) is 0 Å². The summed E-state index contributed by atoms with van der Waals surface area (Å²) in [6, 6.07) is 8.78. The van der Waals surface area contributed by atoms with Crippen LogP contribution in [0.4, 0.5) is 5.69 Å². The van der Waals surface area contributed by atoms with Crippen molar-refractivity contribution in [3.63, 3.8) is 0 Å². The molecule has 3 rings (SSSR count). The average Bonchev–Trinajstić information content (AvgIpc) is 2.94. The fraction of sp³-hybridized carbons (Fsp3) is 0.286. The van der Waals surface area contributed by atoms with E-state index in [2.05, 4.69) is 15.4 Å². The Balaban J connectivity index is 1.69. The standard InChI is InChI=1S/C21H23N5O4/c1-12-9-13(2)23-21(28)18(12)10-22-20(27)17-7-5-16(6-8-17)11-25-15(4)19(26(29)30)14(3)24-25/h5-9H,10-11H2,1-4H3,(H,22,27)(H,23,28). The first-order chi connectivity index (χ1) is 14.2. The highest BCUT2D eigenvalue weighted by molar-refractivity contribution is 5.94. The SMILES string of the molecule is Cc1cc(C)c(CNC(=O)c2ccc(Cn3nc(C)c([N+](=O)[O-])c3C)cc2)c(=O)[nH]1. The van der Waals surface area contributed by atoms with Gasteiger partial charge in [0.2, 0.25) is 0 Å². The van der Waals surface area contributed by atoms with Crippen LogP contribution in [0.2, 0.25) is 0 Å². The summed E-state index contributed by atoms with van der Waals surface area (Å²) < 4.78 is 1.58. The molecule has 0 spiro atoms. The summed E-state index contributed by atoms with van der Waals surface area (Å²) in [6.07, 6.45) is 0. The lowest BCUT2D eigenvalue weighted by molar-refractivity contribution is -0.386. The number of hydrogen-bond donors (Lipinski definition) is 2. The number of aromatic nitrogens is 3. The molecule has 2 heterocycles. The van der Waals surface area contributed by atoms with Crippen LogP contribution >= 0.6 is 0 Å². The lowest BCUT2D eigenvalue weighted by atomic mass is 10.1. The fourth-order valence-electron chi connectivity index (χ4n) is 3.41. The molecule has 2 aromatic heterocycles. The van der Waals surface area contributed by atoms with Gasteiger partial charge in [-0.1, -0.05) is 12.1 Å². The second-order valence-corrected chi connectivity index (χ2v) is 7.26. The highest BCUT2D eigenvalue weighted by Gasteiger charge is 2.21. The summed E-state index contributed by atoms with van der Waals surface area (Å²) in [5, 5.41) is 18.1. The van der Waals surface area contributed by atoms with Gasteiger partial charge in [-0.3, -0.25) is 24.4 Å². The molecule has 0 saturated heterocycles. The van der Waals surface area contributed by atoms with Gasteiger partial charge in [0.1, 0.15) is 11.4 Å². The summed E-state index contributed by atoms with van der Waals surface area (Å²) >= 11 is 0. The van der Waals surface area contributed by atoms with Gasteiger partial charge in [-0.15, -0.1) is 0 Å². The van der Waals surface area contributed by atoms with Crippen molar-refractivity contribution >= 4 is 11.6 Å². The van der Waals surface area contributed by atoms with E-state index in [0.717, 1.165) is 16.8 Å². The van der Waals surface area contributed by atoms with E-state index in [1.807, 2.05) is 19.9 Å². The van der Waals surface area contributed by atoms with E-state index in [9.17, 15) is 19.7 Å². The minimum absolute atomic E-state index is 0.0207.